The number of nitrogens with zero attached hydrogens (tertiary/aromatic N) is 7. The number of aromatic nitrogens is 6. The van der Waals surface area contributed by atoms with Gasteiger partial charge in [-0.2, -0.15) is 5.10 Å². The number of furan rings is 1. The third-order valence-electron chi connectivity index (χ3n) is 11.4. The van der Waals surface area contributed by atoms with Gasteiger partial charge in [0.05, 0.1) is 34.4 Å². The summed E-state index contributed by atoms with van der Waals surface area (Å²) in [6.07, 6.45) is 5.75. The molecule has 0 aliphatic rings. The van der Waals surface area contributed by atoms with Gasteiger partial charge >= 0.3 is 0 Å². The third kappa shape index (κ3) is 10.4. The van der Waals surface area contributed by atoms with E-state index in [4.69, 9.17) is 40.7 Å². The van der Waals surface area contributed by atoms with Gasteiger partial charge in [-0.15, -0.1) is 0 Å². The number of nitrogens with two attached hydrogens (primary N) is 3. The molecule has 4 aromatic heterocycles. The lowest BCUT2D eigenvalue weighted by molar-refractivity contribution is -0.110. The second kappa shape index (κ2) is 19.6. The highest BCUT2D eigenvalue weighted by Crippen LogP contribution is 2.37. The minimum absolute atomic E-state index is 0.0367. The van der Waals surface area contributed by atoms with Crippen LogP contribution in [-0.2, 0) is 28.9 Å². The molecule has 0 bridgehead atoms. The Kier molecular flexibility index (Phi) is 14.4. The van der Waals surface area contributed by atoms with Crippen LogP contribution < -0.4 is 32.6 Å². The number of carbonyl (C=O) groups excluding carboxylic acids is 4. The number of aryl methyl sites for hydroxylation is 3. The van der Waals surface area contributed by atoms with Crippen LogP contribution in [0, 0.1) is 13.8 Å². The molecular weight excluding hydrogens is 861 g/mol. The van der Waals surface area contributed by atoms with E-state index in [-0.39, 0.29) is 53.5 Å². The molecule has 6 aromatic rings. The van der Waals surface area contributed by atoms with Gasteiger partial charge in [0.25, 0.3) is 17.7 Å². The Labute approximate surface area is 383 Å². The van der Waals surface area contributed by atoms with Gasteiger partial charge in [0.15, 0.2) is 8.32 Å². The van der Waals surface area contributed by atoms with Crippen molar-refractivity contribution in [3.05, 3.63) is 82.5 Å². The van der Waals surface area contributed by atoms with Gasteiger partial charge in [-0.3, -0.25) is 39.5 Å². The van der Waals surface area contributed by atoms with Crippen LogP contribution in [0.2, 0.25) is 18.1 Å². The summed E-state index contributed by atoms with van der Waals surface area (Å²) in [7, 11) is -2.01. The number of allylic oxidation sites excluding steroid dienone is 3. The fourth-order valence-corrected chi connectivity index (χ4v) is 8.26. The Bertz CT molecular complexity index is 2940. The average molecular weight is 921 g/mol. The number of carbonyl (C=O) groups is 4. The molecule has 4 heterocycles. The van der Waals surface area contributed by atoms with Gasteiger partial charge < -0.3 is 39.9 Å². The van der Waals surface area contributed by atoms with E-state index in [1.165, 1.54) is 6.08 Å². The number of rotatable bonds is 19. The number of ether oxygens (including phenoxy) is 1. The van der Waals surface area contributed by atoms with Gasteiger partial charge in [0.1, 0.15) is 34.0 Å². The van der Waals surface area contributed by atoms with Crippen LogP contribution in [0.5, 0.6) is 5.75 Å². The Hall–Kier alpha value is -7.06. The van der Waals surface area contributed by atoms with Crippen LogP contribution in [0.25, 0.3) is 33.0 Å². The lowest BCUT2D eigenvalue weighted by Crippen LogP contribution is -2.41. The molecule has 0 saturated carbocycles. The fraction of sp³-hybridized carbons (Fsp3) is 0.391. The number of fused-ring (bicyclic) bond motifs is 4. The summed E-state index contributed by atoms with van der Waals surface area (Å²) in [6, 6.07) is 8.14. The fourth-order valence-electron chi connectivity index (χ4n) is 7.17. The topological polar surface area (TPSA) is 268 Å². The van der Waals surface area contributed by atoms with Crippen molar-refractivity contribution >= 4 is 82.6 Å². The molecule has 350 valence electrons. The molecule has 0 spiro atoms. The predicted octanol–water partition coefficient (Wildman–Crippen LogP) is 6.72. The van der Waals surface area contributed by atoms with Crippen molar-refractivity contribution < 1.29 is 32.8 Å². The summed E-state index contributed by atoms with van der Waals surface area (Å²) >= 11 is 0. The number of hydrogen-bond donors (Lipinski definition) is 5. The molecule has 66 heavy (non-hydrogen) atoms. The lowest BCUT2D eigenvalue weighted by Gasteiger charge is -2.36. The van der Waals surface area contributed by atoms with E-state index in [2.05, 4.69) is 54.6 Å². The van der Waals surface area contributed by atoms with Gasteiger partial charge in [0, 0.05) is 55.9 Å². The summed E-state index contributed by atoms with van der Waals surface area (Å²) in [6.45, 7) is 21.6. The van der Waals surface area contributed by atoms with E-state index < -0.39 is 31.9 Å². The molecule has 8 N–H and O–H groups in total. The summed E-state index contributed by atoms with van der Waals surface area (Å²) in [5.41, 5.74) is 21.5. The van der Waals surface area contributed by atoms with Gasteiger partial charge in [-0.05, 0) is 89.2 Å². The highest BCUT2D eigenvalue weighted by Gasteiger charge is 2.37. The van der Waals surface area contributed by atoms with E-state index in [9.17, 15) is 19.2 Å². The van der Waals surface area contributed by atoms with Gasteiger partial charge in [-0.1, -0.05) is 32.9 Å². The average Bonchev–Trinajstić information content (AvgIpc) is 4.00. The van der Waals surface area contributed by atoms with Crippen LogP contribution in [-0.4, -0.2) is 86.3 Å². The molecular formula is C46H60N12O7Si. The first-order chi connectivity index (χ1) is 31.1. The second-order valence-electron chi connectivity index (χ2n) is 17.5. The van der Waals surface area contributed by atoms with E-state index in [0.29, 0.717) is 87.7 Å². The number of primary amides is 2. The van der Waals surface area contributed by atoms with Crippen molar-refractivity contribution in [2.45, 2.75) is 99.6 Å². The SMILES string of the molecule is CCN=C(/C=C(/C)N)C(=O)Nc1nc2cc(C(N)=O)cc(OCCCO[Si](C)(C)C(C)(C)C)c2n1C/C=C/Cn1c(NC(=O)c2cc(C)nn2CC)nc2cc(C(N)=O)c3oc(C)cc3c21. The van der Waals surface area contributed by atoms with Crippen LogP contribution in [0.1, 0.15) is 90.6 Å². The number of imidazole rings is 2. The molecule has 0 radical (unpaired) electrons. The first-order valence-corrected chi connectivity index (χ1v) is 24.7. The van der Waals surface area contributed by atoms with Crippen molar-refractivity contribution in [1.29, 1.82) is 0 Å². The highest BCUT2D eigenvalue weighted by atomic mass is 28.4. The van der Waals surface area contributed by atoms with Crippen molar-refractivity contribution in [3.63, 3.8) is 0 Å². The molecule has 6 rings (SSSR count). The quantitative estimate of drug-likeness (QED) is 0.0246. The summed E-state index contributed by atoms with van der Waals surface area (Å²) < 4.78 is 23.9. The maximum atomic E-state index is 13.8. The minimum Gasteiger partial charge on any atom is -0.491 e. The zero-order valence-corrected chi connectivity index (χ0v) is 40.3. The van der Waals surface area contributed by atoms with E-state index in [1.807, 2.05) is 19.1 Å². The molecule has 20 heteroatoms. The predicted molar refractivity (Wildman–Crippen MR) is 259 cm³/mol. The van der Waals surface area contributed by atoms with Crippen molar-refractivity contribution in [1.82, 2.24) is 28.9 Å². The number of aliphatic imine (C=N–C) groups is 1. The van der Waals surface area contributed by atoms with Crippen LogP contribution in [0.15, 0.2) is 63.7 Å². The Morgan fingerprint density at radius 1 is 0.879 bits per heavy atom. The van der Waals surface area contributed by atoms with E-state index in [1.54, 1.807) is 71.8 Å². The van der Waals surface area contributed by atoms with E-state index >= 15 is 0 Å². The van der Waals surface area contributed by atoms with Gasteiger partial charge in [0.2, 0.25) is 17.8 Å². The zero-order chi connectivity index (χ0) is 48.2. The lowest BCUT2D eigenvalue weighted by atomic mass is 10.1. The number of amides is 4. The zero-order valence-electron chi connectivity index (χ0n) is 39.3. The number of anilines is 2. The monoisotopic (exact) mass is 920 g/mol. The Balaban J connectivity index is 1.42. The largest absolute Gasteiger partial charge is 0.491 e. The third-order valence-corrected chi connectivity index (χ3v) is 15.9. The second-order valence-corrected chi connectivity index (χ2v) is 22.3. The minimum atomic E-state index is -2.01. The summed E-state index contributed by atoms with van der Waals surface area (Å²) in [4.78, 5) is 66.7. The molecule has 0 unspecified atom stereocenters. The van der Waals surface area contributed by atoms with Crippen molar-refractivity contribution in [2.75, 3.05) is 30.4 Å². The molecule has 19 nitrogen and oxygen atoms in total. The molecule has 0 fully saturated rings. The summed E-state index contributed by atoms with van der Waals surface area (Å²) in [5, 5.41) is 10.9. The van der Waals surface area contributed by atoms with Crippen LogP contribution >= 0.6 is 0 Å². The molecule has 0 atom stereocenters. The molecule has 0 saturated heterocycles. The first kappa shape index (κ1) is 48.4. The highest BCUT2D eigenvalue weighted by molar-refractivity contribution is 6.74. The molecule has 0 aliphatic carbocycles. The molecule has 0 aliphatic heterocycles. The Morgan fingerprint density at radius 3 is 2.14 bits per heavy atom. The normalized spacial score (nSPS) is 12.8. The molecule has 2 aromatic carbocycles. The number of benzene rings is 2. The number of nitrogens with one attached hydrogen (secondary N) is 2. The maximum Gasteiger partial charge on any atom is 0.276 e. The standard InChI is InChI=1S/C46H60N12O7Si/c1-11-50-34(20-26(3)47)42(61)53-44-51-32-23-29(40(48)59)24-36(63-18-15-19-64-66(9,10)46(6,7)8)38(32)57(44)17-14-13-16-56-37-30-22-28(5)65-39(30)31(41(49)60)25-33(37)52-45(56)54-43(62)35-21-27(4)55-58(35)12-2/h13-14,20-25H,11-12,15-19,47H2,1-10H3,(H2,48,59)(H2,49,60)(H,51,53,61)(H,52,54,62)/b14-13+,26-20-,50-34?. The van der Waals surface area contributed by atoms with Crippen molar-refractivity contribution in [3.8, 4) is 5.75 Å². The van der Waals surface area contributed by atoms with Crippen molar-refractivity contribution in [2.24, 2.45) is 22.2 Å². The molecule has 4 amide bonds. The smallest absolute Gasteiger partial charge is 0.276 e. The van der Waals surface area contributed by atoms with Gasteiger partial charge in [-0.25, -0.2) is 9.97 Å². The summed E-state index contributed by atoms with van der Waals surface area (Å²) in [5.74, 6) is -1.16. The van der Waals surface area contributed by atoms with E-state index in [0.717, 1.165) is 0 Å². The van der Waals surface area contributed by atoms with Crippen LogP contribution in [0.3, 0.4) is 0 Å². The number of hydrogen-bond acceptors (Lipinski definition) is 12. The maximum absolute atomic E-state index is 13.8. The first-order valence-electron chi connectivity index (χ1n) is 21.8. The Morgan fingerprint density at radius 2 is 1.53 bits per heavy atom. The van der Waals surface area contributed by atoms with Crippen LogP contribution in [0.4, 0.5) is 11.9 Å².